The molecule has 0 saturated heterocycles. The van der Waals surface area contributed by atoms with Crippen LogP contribution in [0.5, 0.6) is 0 Å². The van der Waals surface area contributed by atoms with E-state index in [0.29, 0.717) is 0 Å². The highest BCUT2D eigenvalue weighted by Crippen LogP contribution is 2.78. The number of benzene rings is 1. The van der Waals surface area contributed by atoms with Crippen LogP contribution in [0.1, 0.15) is 129 Å². The fourth-order valence-corrected chi connectivity index (χ4v) is 19.4. The van der Waals surface area contributed by atoms with Crippen LogP contribution in [-0.2, 0) is 9.22 Å². The molecule has 2 nitrogen and oxygen atoms in total. The zero-order valence-electron chi connectivity index (χ0n) is 26.6. The zero-order chi connectivity index (χ0) is 28.4. The Balaban J connectivity index is 0.00000462. The van der Waals surface area contributed by atoms with E-state index in [-0.39, 0.29) is 30.2 Å². The van der Waals surface area contributed by atoms with Crippen molar-refractivity contribution in [2.24, 2.45) is 5.92 Å². The first-order valence-corrected chi connectivity index (χ1v) is 22.0. The standard InChI is InChI=1S/C36H60O2PSi.ClH/c1-5-34(30-21-13-9-14-22-30)35(36(37)38-40(6-2,7-3)8-4)29-39(31-23-15-10-16-24-31,32-25-17-11-18-26-32)33-27-19-12-20-28-33;/h5,9,13-14,21-22,31-35H,1,6-8,10-12,15-20,23-29H2,2-4H3;1H/q+1;/p-1. The molecular formula is C36H60ClO2PSi. The minimum absolute atomic E-state index is 0. The molecule has 232 valence electrons. The van der Waals surface area contributed by atoms with Gasteiger partial charge in [-0.05, 0) is 101 Å². The topological polar surface area (TPSA) is 26.3 Å². The van der Waals surface area contributed by atoms with Crippen LogP contribution in [-0.4, -0.2) is 37.4 Å². The van der Waals surface area contributed by atoms with Gasteiger partial charge in [-0.25, -0.2) is 0 Å². The molecule has 0 amide bonds. The normalized spacial score (nSPS) is 21.4. The molecule has 4 rings (SSSR count). The first kappa shape index (κ1) is 34.9. The Hall–Kier alpha value is -0.633. The minimum Gasteiger partial charge on any atom is -1.00 e. The monoisotopic (exact) mass is 618 g/mol. The summed E-state index contributed by atoms with van der Waals surface area (Å²) in [5.74, 6) is 0.0921. The summed E-state index contributed by atoms with van der Waals surface area (Å²) in [6.07, 6.45) is 24.4. The van der Waals surface area contributed by atoms with Gasteiger partial charge in [0.05, 0.1) is 29.1 Å². The molecule has 5 heteroatoms. The highest BCUT2D eigenvalue weighted by molar-refractivity contribution is 7.78. The van der Waals surface area contributed by atoms with E-state index in [1.165, 1.54) is 102 Å². The summed E-state index contributed by atoms with van der Waals surface area (Å²) in [7, 11) is -3.51. The molecule has 41 heavy (non-hydrogen) atoms. The van der Waals surface area contributed by atoms with Crippen molar-refractivity contribution in [2.45, 2.75) is 158 Å². The molecule has 0 aliphatic heterocycles. The van der Waals surface area contributed by atoms with E-state index in [1.54, 1.807) is 0 Å². The van der Waals surface area contributed by atoms with Gasteiger partial charge in [-0.2, -0.15) is 0 Å². The lowest BCUT2D eigenvalue weighted by Gasteiger charge is -2.50. The Morgan fingerprint density at radius 1 is 0.805 bits per heavy atom. The highest BCUT2D eigenvalue weighted by atomic mass is 35.5. The van der Waals surface area contributed by atoms with Gasteiger partial charge in [0.25, 0.3) is 14.3 Å². The third kappa shape index (κ3) is 8.10. The SMILES string of the molecule is C=CC(c1ccccc1)C(C[P+](C1CCCCC1)(C1CCCCC1)C1CCCCC1)C(=O)O[Si](CC)(CC)CC.[Cl-]. The van der Waals surface area contributed by atoms with Crippen LogP contribution in [0.15, 0.2) is 43.0 Å². The van der Waals surface area contributed by atoms with Crippen LogP contribution in [0.2, 0.25) is 18.1 Å². The molecule has 0 aromatic heterocycles. The minimum atomic E-state index is -2.07. The van der Waals surface area contributed by atoms with Crippen LogP contribution in [0.4, 0.5) is 0 Å². The zero-order valence-corrected chi connectivity index (χ0v) is 29.3. The van der Waals surface area contributed by atoms with E-state index in [2.05, 4.69) is 63.8 Å². The second kappa shape index (κ2) is 17.0. The molecule has 2 unspecified atom stereocenters. The molecule has 0 bridgehead atoms. The molecule has 1 aromatic carbocycles. The summed E-state index contributed by atoms with van der Waals surface area (Å²) in [4.78, 5) is 14.7. The van der Waals surface area contributed by atoms with Gasteiger partial charge >= 0.3 is 0 Å². The van der Waals surface area contributed by atoms with Crippen molar-refractivity contribution in [1.29, 1.82) is 0 Å². The van der Waals surface area contributed by atoms with E-state index >= 15 is 0 Å². The van der Waals surface area contributed by atoms with Gasteiger partial charge in [0, 0.05) is 13.2 Å². The van der Waals surface area contributed by atoms with E-state index in [0.717, 1.165) is 41.3 Å². The van der Waals surface area contributed by atoms with E-state index in [4.69, 9.17) is 4.43 Å². The van der Waals surface area contributed by atoms with Gasteiger partial charge in [-0.15, -0.1) is 6.58 Å². The van der Waals surface area contributed by atoms with Gasteiger partial charge in [0.15, 0.2) is 0 Å². The highest BCUT2D eigenvalue weighted by Gasteiger charge is 2.59. The second-order valence-corrected chi connectivity index (χ2v) is 22.7. The van der Waals surface area contributed by atoms with Gasteiger partial charge in [-0.1, -0.05) is 76.4 Å². The summed E-state index contributed by atoms with van der Waals surface area (Å²) in [6.45, 7) is 11.2. The maximum Gasteiger partial charge on any atom is 0.300 e. The van der Waals surface area contributed by atoms with Crippen molar-refractivity contribution in [3.8, 4) is 0 Å². The van der Waals surface area contributed by atoms with Gasteiger partial charge in [0.2, 0.25) is 0 Å². The van der Waals surface area contributed by atoms with Crippen molar-refractivity contribution >= 4 is 21.5 Å². The molecule has 0 heterocycles. The Bertz CT molecular complexity index is 848. The predicted molar refractivity (Wildman–Crippen MR) is 179 cm³/mol. The first-order chi connectivity index (χ1) is 19.5. The number of hydrogen-bond acceptors (Lipinski definition) is 2. The average Bonchev–Trinajstić information content (AvgIpc) is 3.03. The maximum atomic E-state index is 14.7. The number of hydrogen-bond donors (Lipinski definition) is 0. The van der Waals surface area contributed by atoms with Crippen LogP contribution < -0.4 is 12.4 Å². The lowest BCUT2D eigenvalue weighted by molar-refractivity contribution is -0.139. The summed E-state index contributed by atoms with van der Waals surface area (Å²) in [6, 6.07) is 13.9. The number of carbonyl (C=O) groups is 1. The lowest BCUT2D eigenvalue weighted by atomic mass is 9.87. The maximum absolute atomic E-state index is 14.7. The first-order valence-electron chi connectivity index (χ1n) is 17.3. The van der Waals surface area contributed by atoms with Gasteiger partial charge < -0.3 is 16.8 Å². The molecule has 3 saturated carbocycles. The van der Waals surface area contributed by atoms with E-state index in [9.17, 15) is 4.79 Å². The van der Waals surface area contributed by atoms with Crippen LogP contribution in [0.25, 0.3) is 0 Å². The predicted octanol–water partition coefficient (Wildman–Crippen LogP) is 8.14. The number of carbonyl (C=O) groups excluding carboxylic acids is 1. The molecule has 3 aliphatic carbocycles. The molecule has 1 aromatic rings. The Kier molecular flexibility index (Phi) is 14.5. The van der Waals surface area contributed by atoms with Crippen LogP contribution in [0.3, 0.4) is 0 Å². The van der Waals surface area contributed by atoms with Crippen molar-refractivity contribution in [2.75, 3.05) is 6.16 Å². The molecular weight excluding hydrogens is 559 g/mol. The van der Waals surface area contributed by atoms with Crippen molar-refractivity contribution in [3.63, 3.8) is 0 Å². The third-order valence-electron chi connectivity index (χ3n) is 11.7. The summed E-state index contributed by atoms with van der Waals surface area (Å²) in [5.41, 5.74) is 3.86. The van der Waals surface area contributed by atoms with Crippen molar-refractivity contribution in [3.05, 3.63) is 48.6 Å². The van der Waals surface area contributed by atoms with Crippen LogP contribution >= 0.6 is 7.26 Å². The average molecular weight is 619 g/mol. The van der Waals surface area contributed by atoms with Crippen LogP contribution in [0, 0.1) is 5.92 Å². The molecule has 3 fully saturated rings. The second-order valence-electron chi connectivity index (χ2n) is 13.5. The Morgan fingerprint density at radius 2 is 1.22 bits per heavy atom. The lowest BCUT2D eigenvalue weighted by Crippen LogP contribution is -3.00. The van der Waals surface area contributed by atoms with Gasteiger partial charge in [-0.3, -0.25) is 4.79 Å². The summed E-state index contributed by atoms with van der Waals surface area (Å²) in [5, 5.41) is 0. The molecule has 3 aliphatic rings. The number of halogens is 1. The van der Waals surface area contributed by atoms with E-state index < -0.39 is 15.6 Å². The quantitative estimate of drug-likeness (QED) is 0.127. The summed E-state index contributed by atoms with van der Waals surface area (Å²) < 4.78 is 6.83. The molecule has 0 N–H and O–H groups in total. The Morgan fingerprint density at radius 3 is 1.59 bits per heavy atom. The van der Waals surface area contributed by atoms with Crippen molar-refractivity contribution in [1.82, 2.24) is 0 Å². The molecule has 0 radical (unpaired) electrons. The van der Waals surface area contributed by atoms with Gasteiger partial charge in [0.1, 0.15) is 0 Å². The number of allylic oxidation sites excluding steroid dienone is 1. The smallest absolute Gasteiger partial charge is 0.300 e. The fourth-order valence-electron chi connectivity index (χ4n) is 9.17. The fraction of sp³-hybridized carbons (Fsp3) is 0.750. The van der Waals surface area contributed by atoms with E-state index in [1.807, 2.05) is 0 Å². The van der Waals surface area contributed by atoms with Crippen molar-refractivity contribution < 1.29 is 21.6 Å². The summed E-state index contributed by atoms with van der Waals surface area (Å²) >= 11 is 0. The number of rotatable bonds is 13. The third-order valence-corrected chi connectivity index (χ3v) is 22.9. The molecule has 2 atom stereocenters. The Labute approximate surface area is 261 Å². The molecule has 0 spiro atoms. The largest absolute Gasteiger partial charge is 1.00 e.